The molecule has 3 N–H and O–H groups in total. The number of halogens is 2. The van der Waals surface area contributed by atoms with Crippen molar-refractivity contribution in [1.29, 1.82) is 0 Å². The first-order valence-electron chi connectivity index (χ1n) is 6.39. The average Bonchev–Trinajstić information content (AvgIpc) is 2.87. The number of nitrogens with zero attached hydrogens (tertiary/aromatic N) is 1. The highest BCUT2D eigenvalue weighted by Gasteiger charge is 2.21. The minimum atomic E-state index is -0.656. The third-order valence-electron chi connectivity index (χ3n) is 3.08. The molecule has 2 aromatic carbocycles. The number of aromatic nitrogens is 2. The molecule has 1 atom stereocenters. The number of carbonyl (C=O) groups excluding carboxylic acids is 1. The molecule has 0 fully saturated rings. The zero-order chi connectivity index (χ0) is 15.7. The van der Waals surface area contributed by atoms with Crippen LogP contribution >= 0.6 is 23.4 Å². The van der Waals surface area contributed by atoms with Crippen molar-refractivity contribution in [3.8, 4) is 0 Å². The number of primary amides is 1. The number of nitrogens with two attached hydrogens (primary N) is 1. The molecule has 0 spiro atoms. The molecule has 0 saturated heterocycles. The fraction of sp³-hybridized carbons (Fsp3) is 0.0667. The molecule has 112 valence electrons. The van der Waals surface area contributed by atoms with Crippen LogP contribution in [0.2, 0.25) is 5.02 Å². The number of nitrogens with one attached hydrogen (secondary N) is 1. The molecule has 0 aliphatic carbocycles. The Kier molecular flexibility index (Phi) is 4.04. The summed E-state index contributed by atoms with van der Waals surface area (Å²) in [5.41, 5.74) is 7.60. The second kappa shape index (κ2) is 5.98. The zero-order valence-electron chi connectivity index (χ0n) is 11.2. The number of fused-ring (bicyclic) bond motifs is 1. The number of aromatic amines is 1. The molecule has 3 rings (SSSR count). The van der Waals surface area contributed by atoms with Crippen molar-refractivity contribution < 1.29 is 9.18 Å². The van der Waals surface area contributed by atoms with Gasteiger partial charge in [-0.2, -0.15) is 0 Å². The summed E-state index contributed by atoms with van der Waals surface area (Å²) in [4.78, 5) is 19.2. The largest absolute Gasteiger partial charge is 0.368 e. The first-order chi connectivity index (χ1) is 10.5. The molecule has 1 amide bonds. The van der Waals surface area contributed by atoms with Crippen LogP contribution in [0.3, 0.4) is 0 Å². The van der Waals surface area contributed by atoms with Crippen molar-refractivity contribution in [1.82, 2.24) is 9.97 Å². The van der Waals surface area contributed by atoms with E-state index in [0.717, 1.165) is 11.0 Å². The monoisotopic (exact) mass is 335 g/mol. The normalized spacial score (nSPS) is 12.5. The van der Waals surface area contributed by atoms with Crippen molar-refractivity contribution >= 4 is 40.3 Å². The molecule has 0 aliphatic heterocycles. The van der Waals surface area contributed by atoms with Crippen LogP contribution in [0, 0.1) is 5.82 Å². The Morgan fingerprint density at radius 3 is 2.68 bits per heavy atom. The Bertz CT molecular complexity index is 834. The highest BCUT2D eigenvalue weighted by Crippen LogP contribution is 2.34. The van der Waals surface area contributed by atoms with Crippen LogP contribution in [0.1, 0.15) is 10.8 Å². The van der Waals surface area contributed by atoms with Crippen LogP contribution in [0.4, 0.5) is 4.39 Å². The van der Waals surface area contributed by atoms with Crippen molar-refractivity contribution in [2.75, 3.05) is 0 Å². The summed E-state index contributed by atoms with van der Waals surface area (Å²) >= 11 is 7.11. The average molecular weight is 336 g/mol. The molecule has 0 radical (unpaired) electrons. The lowest BCUT2D eigenvalue weighted by Crippen LogP contribution is -2.19. The third-order valence-corrected chi connectivity index (χ3v) is 4.47. The van der Waals surface area contributed by atoms with Gasteiger partial charge in [0.25, 0.3) is 0 Å². The molecule has 0 aliphatic rings. The van der Waals surface area contributed by atoms with Crippen molar-refractivity contribution in [2.24, 2.45) is 5.73 Å². The summed E-state index contributed by atoms with van der Waals surface area (Å²) in [5, 5.41) is 0.486. The predicted octanol–water partition coefficient (Wildman–Crippen LogP) is 3.67. The topological polar surface area (TPSA) is 71.8 Å². The van der Waals surface area contributed by atoms with E-state index in [-0.39, 0.29) is 5.82 Å². The summed E-state index contributed by atoms with van der Waals surface area (Å²) in [5.74, 6) is -0.884. The number of hydrogen-bond acceptors (Lipinski definition) is 3. The van der Waals surface area contributed by atoms with Crippen LogP contribution in [-0.2, 0) is 4.79 Å². The van der Waals surface area contributed by atoms with Gasteiger partial charge < -0.3 is 10.7 Å². The van der Waals surface area contributed by atoms with E-state index in [0.29, 0.717) is 15.7 Å². The van der Waals surface area contributed by atoms with Gasteiger partial charge in [0.05, 0.1) is 11.0 Å². The minimum Gasteiger partial charge on any atom is -0.368 e. The maximum absolute atomic E-state index is 13.0. The predicted molar refractivity (Wildman–Crippen MR) is 85.3 cm³/mol. The van der Waals surface area contributed by atoms with E-state index in [9.17, 15) is 9.18 Å². The lowest BCUT2D eigenvalue weighted by atomic mass is 10.1. The quantitative estimate of drug-likeness (QED) is 0.714. The first-order valence-corrected chi connectivity index (χ1v) is 7.65. The minimum absolute atomic E-state index is 0.365. The van der Waals surface area contributed by atoms with Gasteiger partial charge in [0.15, 0.2) is 5.16 Å². The number of thioether (sulfide) groups is 1. The summed E-state index contributed by atoms with van der Waals surface area (Å²) in [6.07, 6.45) is 0. The summed E-state index contributed by atoms with van der Waals surface area (Å²) in [6.45, 7) is 0. The standard InChI is InChI=1S/C15H11ClFN3OS/c16-9-3-6-11-12(7-9)20-15(19-11)22-13(14(18)21)8-1-4-10(17)5-2-8/h1-7,13H,(H2,18,21)(H,19,20)/t13-/m0/s1. The summed E-state index contributed by atoms with van der Waals surface area (Å²) in [7, 11) is 0. The Morgan fingerprint density at radius 1 is 1.27 bits per heavy atom. The molecule has 7 heteroatoms. The molecule has 3 aromatic rings. The zero-order valence-corrected chi connectivity index (χ0v) is 12.8. The Hall–Kier alpha value is -2.05. The van der Waals surface area contributed by atoms with E-state index >= 15 is 0 Å². The van der Waals surface area contributed by atoms with Crippen molar-refractivity contribution in [3.63, 3.8) is 0 Å². The SMILES string of the molecule is NC(=O)[C@@H](Sc1nc2ccc(Cl)cc2[nH]1)c1ccc(F)cc1. The van der Waals surface area contributed by atoms with Crippen LogP contribution in [-0.4, -0.2) is 15.9 Å². The highest BCUT2D eigenvalue weighted by atomic mass is 35.5. The van der Waals surface area contributed by atoms with Crippen LogP contribution in [0.25, 0.3) is 11.0 Å². The highest BCUT2D eigenvalue weighted by molar-refractivity contribution is 8.00. The second-order valence-electron chi connectivity index (χ2n) is 4.66. The van der Waals surface area contributed by atoms with Gasteiger partial charge in [0, 0.05) is 5.02 Å². The van der Waals surface area contributed by atoms with Crippen molar-refractivity contribution in [2.45, 2.75) is 10.4 Å². The number of imidazole rings is 1. The molecule has 1 aromatic heterocycles. The first kappa shape index (κ1) is 14.9. The van der Waals surface area contributed by atoms with Gasteiger partial charge in [-0.15, -0.1) is 0 Å². The van der Waals surface area contributed by atoms with Gasteiger partial charge >= 0.3 is 0 Å². The van der Waals surface area contributed by atoms with Crippen LogP contribution < -0.4 is 5.73 Å². The second-order valence-corrected chi connectivity index (χ2v) is 6.19. The maximum atomic E-state index is 13.0. The molecule has 1 heterocycles. The van der Waals surface area contributed by atoms with Gasteiger partial charge in [0.2, 0.25) is 5.91 Å². The van der Waals surface area contributed by atoms with Gasteiger partial charge in [-0.1, -0.05) is 35.5 Å². The van der Waals surface area contributed by atoms with E-state index in [1.54, 1.807) is 18.2 Å². The van der Waals surface area contributed by atoms with Gasteiger partial charge in [-0.3, -0.25) is 4.79 Å². The number of amides is 1. The van der Waals surface area contributed by atoms with Gasteiger partial charge in [-0.05, 0) is 35.9 Å². The Balaban J connectivity index is 1.92. The fourth-order valence-electron chi connectivity index (χ4n) is 2.05. The van der Waals surface area contributed by atoms with E-state index in [1.165, 1.54) is 36.0 Å². The molecule has 22 heavy (non-hydrogen) atoms. The van der Waals surface area contributed by atoms with E-state index < -0.39 is 11.2 Å². The molecule has 0 bridgehead atoms. The lowest BCUT2D eigenvalue weighted by molar-refractivity contribution is -0.117. The maximum Gasteiger partial charge on any atom is 0.235 e. The van der Waals surface area contributed by atoms with Gasteiger partial charge in [-0.25, -0.2) is 9.37 Å². The van der Waals surface area contributed by atoms with E-state index in [4.69, 9.17) is 17.3 Å². The lowest BCUT2D eigenvalue weighted by Gasteiger charge is -2.11. The molecule has 4 nitrogen and oxygen atoms in total. The fourth-order valence-corrected chi connectivity index (χ4v) is 3.18. The number of benzene rings is 2. The molecular weight excluding hydrogens is 325 g/mol. The van der Waals surface area contributed by atoms with Crippen LogP contribution in [0.15, 0.2) is 47.6 Å². The van der Waals surface area contributed by atoms with Crippen LogP contribution in [0.5, 0.6) is 0 Å². The summed E-state index contributed by atoms with van der Waals surface area (Å²) in [6, 6.07) is 11.0. The number of carbonyl (C=O) groups is 1. The smallest absolute Gasteiger partial charge is 0.235 e. The number of rotatable bonds is 4. The molecule has 0 unspecified atom stereocenters. The Labute approximate surface area is 134 Å². The van der Waals surface area contributed by atoms with E-state index in [2.05, 4.69) is 9.97 Å². The third kappa shape index (κ3) is 3.08. The number of hydrogen-bond donors (Lipinski definition) is 2. The van der Waals surface area contributed by atoms with Gasteiger partial charge in [0.1, 0.15) is 11.1 Å². The number of H-pyrrole nitrogens is 1. The molecular formula is C15H11ClFN3OS. The van der Waals surface area contributed by atoms with Crippen molar-refractivity contribution in [3.05, 3.63) is 58.9 Å². The summed E-state index contributed by atoms with van der Waals surface area (Å²) < 4.78 is 13.0. The molecule has 0 saturated carbocycles. The Morgan fingerprint density at radius 2 is 2.00 bits per heavy atom. The van der Waals surface area contributed by atoms with E-state index in [1.807, 2.05) is 0 Å².